The van der Waals surface area contributed by atoms with Crippen molar-refractivity contribution in [3.63, 3.8) is 0 Å². The van der Waals surface area contributed by atoms with Crippen molar-refractivity contribution in [2.24, 2.45) is 0 Å². The van der Waals surface area contributed by atoms with Gasteiger partial charge in [0, 0.05) is 25.8 Å². The van der Waals surface area contributed by atoms with Crippen LogP contribution in [0.5, 0.6) is 0 Å². The summed E-state index contributed by atoms with van der Waals surface area (Å²) < 4.78 is 37.6. The van der Waals surface area contributed by atoms with Gasteiger partial charge in [0.2, 0.25) is 0 Å². The number of benzene rings is 3. The number of hydrogen-bond donors (Lipinski definition) is 2. The van der Waals surface area contributed by atoms with E-state index in [0.717, 1.165) is 31.7 Å². The van der Waals surface area contributed by atoms with Crippen molar-refractivity contribution in [2.75, 3.05) is 11.1 Å². The Bertz CT molecular complexity index is 1490. The molecule has 7 nitrogen and oxygen atoms in total. The summed E-state index contributed by atoms with van der Waals surface area (Å²) in [6.45, 7) is 5.61. The standard InChI is InChI=1S/C23H18Br2N2O5S.Na/c1-9-18(24)10(2)21(11(3)19(9)25)27-14-8-15(33(30,31)32)20(26)17-16(14)22(28)12-6-4-5-7-13(12)23(17)29;/h4-8,27H,26H2,1-3H3,(H,30,31,32);/q;+1/p-1. The van der Waals surface area contributed by atoms with Gasteiger partial charge in [-0.05, 0) is 43.5 Å². The van der Waals surface area contributed by atoms with Crippen LogP contribution in [-0.4, -0.2) is 24.5 Å². The molecule has 1 aliphatic rings. The van der Waals surface area contributed by atoms with Gasteiger partial charge in [0.15, 0.2) is 11.6 Å². The minimum atomic E-state index is -5.04. The molecule has 1 aliphatic carbocycles. The number of anilines is 3. The predicted molar refractivity (Wildman–Crippen MR) is 131 cm³/mol. The molecule has 0 amide bonds. The normalized spacial score (nSPS) is 12.6. The van der Waals surface area contributed by atoms with Gasteiger partial charge in [-0.3, -0.25) is 9.59 Å². The van der Waals surface area contributed by atoms with Gasteiger partial charge in [-0.15, -0.1) is 0 Å². The van der Waals surface area contributed by atoms with E-state index in [-0.39, 0.29) is 57.5 Å². The summed E-state index contributed by atoms with van der Waals surface area (Å²) in [5.74, 6) is -1.12. The minimum absolute atomic E-state index is 0. The summed E-state index contributed by atoms with van der Waals surface area (Å²) in [7, 11) is -5.04. The molecule has 3 aromatic carbocycles. The quantitative estimate of drug-likeness (QED) is 0.205. The summed E-state index contributed by atoms with van der Waals surface area (Å²) >= 11 is 7.09. The Morgan fingerprint density at radius 3 is 1.82 bits per heavy atom. The number of carbonyl (C=O) groups is 2. The van der Waals surface area contributed by atoms with Crippen molar-refractivity contribution in [3.05, 3.63) is 78.2 Å². The molecule has 0 saturated heterocycles. The van der Waals surface area contributed by atoms with E-state index < -0.39 is 32.3 Å². The van der Waals surface area contributed by atoms with Crippen molar-refractivity contribution >= 4 is 70.6 Å². The molecular formula is C23H17Br2N2NaO5S. The second-order valence-electron chi connectivity index (χ2n) is 7.75. The minimum Gasteiger partial charge on any atom is -0.744 e. The molecule has 0 aromatic heterocycles. The van der Waals surface area contributed by atoms with E-state index in [2.05, 4.69) is 37.2 Å². The van der Waals surface area contributed by atoms with Gasteiger partial charge in [-0.2, -0.15) is 0 Å². The molecule has 170 valence electrons. The van der Waals surface area contributed by atoms with Crippen LogP contribution in [0.15, 0.2) is 44.2 Å². The Kier molecular flexibility index (Phi) is 7.56. The van der Waals surface area contributed by atoms with Gasteiger partial charge < -0.3 is 15.6 Å². The van der Waals surface area contributed by atoms with E-state index in [0.29, 0.717) is 5.69 Å². The zero-order valence-corrected chi connectivity index (χ0v) is 24.7. The van der Waals surface area contributed by atoms with E-state index in [1.165, 1.54) is 12.1 Å². The first kappa shape index (κ1) is 27.1. The van der Waals surface area contributed by atoms with Crippen LogP contribution in [0.25, 0.3) is 0 Å². The fourth-order valence-corrected chi connectivity index (χ4v) is 5.77. The van der Waals surface area contributed by atoms with Crippen LogP contribution in [0.3, 0.4) is 0 Å². The molecule has 0 atom stereocenters. The summed E-state index contributed by atoms with van der Waals surface area (Å²) in [6.07, 6.45) is 0. The van der Waals surface area contributed by atoms with E-state index in [9.17, 15) is 22.6 Å². The first-order valence-corrected chi connectivity index (χ1v) is 12.7. The number of fused-ring (bicyclic) bond motifs is 2. The van der Waals surface area contributed by atoms with Crippen LogP contribution in [0.2, 0.25) is 0 Å². The maximum Gasteiger partial charge on any atom is 1.00 e. The number of hydrogen-bond acceptors (Lipinski definition) is 7. The molecule has 0 spiro atoms. The molecule has 11 heteroatoms. The number of nitrogen functional groups attached to an aromatic ring is 1. The monoisotopic (exact) mass is 614 g/mol. The van der Waals surface area contributed by atoms with E-state index in [1.807, 2.05) is 20.8 Å². The fraction of sp³-hybridized carbons (Fsp3) is 0.130. The Hall–Kier alpha value is -1.53. The SMILES string of the molecule is Cc1c(Br)c(C)c(Nc2cc(S(=O)(=O)[O-])c(N)c3c2C(=O)c2ccccc2C3=O)c(C)c1Br.[Na+]. The summed E-state index contributed by atoms with van der Waals surface area (Å²) in [5.41, 5.74) is 8.51. The topological polar surface area (TPSA) is 129 Å². The second kappa shape index (κ2) is 9.50. The fourth-order valence-electron chi connectivity index (χ4n) is 4.08. The molecule has 0 radical (unpaired) electrons. The van der Waals surface area contributed by atoms with E-state index in [4.69, 9.17) is 5.73 Å². The zero-order valence-electron chi connectivity index (χ0n) is 18.7. The maximum absolute atomic E-state index is 13.4. The molecule has 3 aromatic rings. The van der Waals surface area contributed by atoms with Gasteiger partial charge >= 0.3 is 29.6 Å². The van der Waals surface area contributed by atoms with E-state index in [1.54, 1.807) is 12.1 Å². The molecule has 34 heavy (non-hydrogen) atoms. The molecule has 0 heterocycles. The van der Waals surface area contributed by atoms with Gasteiger partial charge in [0.25, 0.3) is 0 Å². The van der Waals surface area contributed by atoms with Crippen molar-refractivity contribution in [1.29, 1.82) is 0 Å². The van der Waals surface area contributed by atoms with Crippen molar-refractivity contribution in [3.8, 4) is 0 Å². The summed E-state index contributed by atoms with van der Waals surface area (Å²) in [5, 5.41) is 3.11. The Morgan fingerprint density at radius 2 is 1.35 bits per heavy atom. The molecule has 0 fully saturated rings. The summed E-state index contributed by atoms with van der Waals surface area (Å²) in [6, 6.07) is 7.23. The number of nitrogens with two attached hydrogens (primary N) is 1. The Morgan fingerprint density at radius 1 is 0.882 bits per heavy atom. The van der Waals surface area contributed by atoms with Crippen LogP contribution in [-0.2, 0) is 10.1 Å². The number of ketones is 2. The van der Waals surface area contributed by atoms with Gasteiger partial charge in [-0.25, -0.2) is 8.42 Å². The van der Waals surface area contributed by atoms with Crippen molar-refractivity contribution in [1.82, 2.24) is 0 Å². The number of carbonyl (C=O) groups excluding carboxylic acids is 2. The molecule has 0 bridgehead atoms. The third-order valence-corrected chi connectivity index (χ3v) is 9.05. The largest absolute Gasteiger partial charge is 1.00 e. The van der Waals surface area contributed by atoms with Gasteiger partial charge in [0.1, 0.15) is 10.1 Å². The Balaban J connectivity index is 0.00000324. The van der Waals surface area contributed by atoms with Crippen LogP contribution in [0.4, 0.5) is 17.1 Å². The molecule has 3 N–H and O–H groups in total. The molecule has 0 unspecified atom stereocenters. The number of halogens is 2. The molecular weight excluding hydrogens is 599 g/mol. The van der Waals surface area contributed by atoms with Gasteiger partial charge in [-0.1, -0.05) is 56.1 Å². The number of nitrogens with one attached hydrogen (secondary N) is 1. The van der Waals surface area contributed by atoms with Crippen LogP contribution in [0, 0.1) is 20.8 Å². The predicted octanol–water partition coefficient (Wildman–Crippen LogP) is 2.15. The Labute approximate surface area is 235 Å². The molecule has 4 rings (SSSR count). The third-order valence-electron chi connectivity index (χ3n) is 5.80. The van der Waals surface area contributed by atoms with E-state index >= 15 is 0 Å². The van der Waals surface area contributed by atoms with Crippen LogP contribution in [0.1, 0.15) is 48.5 Å². The summed E-state index contributed by atoms with van der Waals surface area (Å²) in [4.78, 5) is 26.0. The first-order chi connectivity index (χ1) is 15.4. The first-order valence-electron chi connectivity index (χ1n) is 9.68. The van der Waals surface area contributed by atoms with Crippen LogP contribution < -0.4 is 40.6 Å². The molecule has 0 aliphatic heterocycles. The smallest absolute Gasteiger partial charge is 0.744 e. The van der Waals surface area contributed by atoms with Crippen molar-refractivity contribution in [2.45, 2.75) is 25.7 Å². The second-order valence-corrected chi connectivity index (χ2v) is 10.7. The third kappa shape index (κ3) is 4.19. The van der Waals surface area contributed by atoms with Crippen LogP contribution >= 0.6 is 31.9 Å². The zero-order chi connectivity index (χ0) is 24.4. The van der Waals surface area contributed by atoms with Crippen molar-refractivity contribution < 1.29 is 52.1 Å². The molecule has 0 saturated carbocycles. The van der Waals surface area contributed by atoms with Gasteiger partial charge in [0.05, 0.1) is 27.4 Å². The maximum atomic E-state index is 13.4. The number of rotatable bonds is 3. The average molecular weight is 616 g/mol. The average Bonchev–Trinajstić information content (AvgIpc) is 2.77.